The highest BCUT2D eigenvalue weighted by Crippen LogP contribution is 2.29. The minimum Gasteiger partial charge on any atom is -0.496 e. The van der Waals surface area contributed by atoms with E-state index in [4.69, 9.17) is 4.74 Å². The van der Waals surface area contributed by atoms with Crippen molar-refractivity contribution in [1.82, 2.24) is 20.1 Å². The molecule has 6 nitrogen and oxygen atoms in total. The third-order valence-electron chi connectivity index (χ3n) is 3.66. The van der Waals surface area contributed by atoms with Crippen LogP contribution >= 0.6 is 0 Å². The molecule has 1 amide bonds. The molecule has 0 atom stereocenters. The molecule has 0 saturated carbocycles. The van der Waals surface area contributed by atoms with Crippen molar-refractivity contribution in [1.29, 1.82) is 0 Å². The van der Waals surface area contributed by atoms with Crippen molar-refractivity contribution in [2.24, 2.45) is 0 Å². The van der Waals surface area contributed by atoms with Crippen LogP contribution in [0.25, 0.3) is 11.1 Å². The van der Waals surface area contributed by atoms with Gasteiger partial charge in [-0.25, -0.2) is 4.98 Å². The Labute approximate surface area is 140 Å². The fraction of sp³-hybridized carbons (Fsp3) is 0.167. The molecular formula is C18H18N4O2. The summed E-state index contributed by atoms with van der Waals surface area (Å²) in [5, 5.41) is 6.86. The van der Waals surface area contributed by atoms with Crippen molar-refractivity contribution in [3.8, 4) is 16.9 Å². The van der Waals surface area contributed by atoms with Gasteiger partial charge in [-0.2, -0.15) is 5.10 Å². The monoisotopic (exact) mass is 322 g/mol. The maximum Gasteiger partial charge on any atom is 0.251 e. The minimum atomic E-state index is -0.110. The van der Waals surface area contributed by atoms with Gasteiger partial charge in [0.05, 0.1) is 13.7 Å². The molecule has 0 aliphatic carbocycles. The molecule has 0 unspecified atom stereocenters. The number of ether oxygens (including phenoxy) is 1. The Hall–Kier alpha value is -3.15. The zero-order chi connectivity index (χ0) is 16.8. The summed E-state index contributed by atoms with van der Waals surface area (Å²) < 4.78 is 7.04. The zero-order valence-corrected chi connectivity index (χ0v) is 13.3. The van der Waals surface area contributed by atoms with Crippen LogP contribution in [0.4, 0.5) is 0 Å². The number of aromatic nitrogens is 3. The summed E-state index contributed by atoms with van der Waals surface area (Å²) in [6.07, 6.45) is 3.09. The third-order valence-corrected chi connectivity index (χ3v) is 3.66. The number of hydrogen-bond acceptors (Lipinski definition) is 4. The molecule has 1 heterocycles. The summed E-state index contributed by atoms with van der Waals surface area (Å²) in [4.78, 5) is 16.0. The van der Waals surface area contributed by atoms with Crippen molar-refractivity contribution in [2.75, 3.05) is 13.7 Å². The standard InChI is InChI=1S/C18H18N4O2/c1-24-17-5-3-2-4-16(17)14-6-8-15(9-7-14)18(23)20-10-11-22-13-19-12-21-22/h2-9,12-13H,10-11H2,1H3,(H,20,23). The van der Waals surface area contributed by atoms with Crippen molar-refractivity contribution in [3.05, 3.63) is 66.7 Å². The molecule has 0 saturated heterocycles. The van der Waals surface area contributed by atoms with Gasteiger partial charge in [0.15, 0.2) is 0 Å². The molecule has 1 N–H and O–H groups in total. The molecule has 3 aromatic rings. The number of rotatable bonds is 6. The summed E-state index contributed by atoms with van der Waals surface area (Å²) in [5.74, 6) is 0.698. The number of benzene rings is 2. The van der Waals surface area contributed by atoms with Crippen LogP contribution < -0.4 is 10.1 Å². The molecule has 122 valence electrons. The van der Waals surface area contributed by atoms with Crippen LogP contribution in [0, 0.1) is 0 Å². The normalized spacial score (nSPS) is 10.4. The van der Waals surface area contributed by atoms with E-state index in [0.29, 0.717) is 18.7 Å². The summed E-state index contributed by atoms with van der Waals surface area (Å²) in [7, 11) is 1.65. The predicted molar refractivity (Wildman–Crippen MR) is 90.8 cm³/mol. The van der Waals surface area contributed by atoms with Crippen LogP contribution in [0.2, 0.25) is 0 Å². The topological polar surface area (TPSA) is 69.0 Å². The van der Waals surface area contributed by atoms with Crippen LogP contribution in [0.5, 0.6) is 5.75 Å². The Bertz CT molecular complexity index is 798. The van der Waals surface area contributed by atoms with Crippen LogP contribution in [-0.4, -0.2) is 34.3 Å². The second-order valence-electron chi connectivity index (χ2n) is 5.19. The number of carbonyl (C=O) groups is 1. The Balaban J connectivity index is 1.64. The number of nitrogens with zero attached hydrogens (tertiary/aromatic N) is 3. The number of para-hydroxylation sites is 1. The first kappa shape index (κ1) is 15.7. The van der Waals surface area contributed by atoms with Gasteiger partial charge in [-0.15, -0.1) is 0 Å². The number of methoxy groups -OCH3 is 1. The second-order valence-corrected chi connectivity index (χ2v) is 5.19. The van der Waals surface area contributed by atoms with E-state index in [-0.39, 0.29) is 5.91 Å². The van der Waals surface area contributed by atoms with Gasteiger partial charge in [-0.3, -0.25) is 9.48 Å². The summed E-state index contributed by atoms with van der Waals surface area (Å²) in [6.45, 7) is 1.08. The molecule has 3 rings (SSSR count). The molecule has 24 heavy (non-hydrogen) atoms. The molecule has 0 aliphatic heterocycles. The molecule has 2 aromatic carbocycles. The number of nitrogens with one attached hydrogen (secondary N) is 1. The van der Waals surface area contributed by atoms with E-state index in [2.05, 4.69) is 15.4 Å². The van der Waals surface area contributed by atoms with Crippen LogP contribution in [0.15, 0.2) is 61.2 Å². The van der Waals surface area contributed by atoms with Gasteiger partial charge < -0.3 is 10.1 Å². The molecule has 0 bridgehead atoms. The quantitative estimate of drug-likeness (QED) is 0.756. The molecular weight excluding hydrogens is 304 g/mol. The Morgan fingerprint density at radius 2 is 1.96 bits per heavy atom. The third kappa shape index (κ3) is 3.60. The molecule has 0 aliphatic rings. The number of carbonyl (C=O) groups excluding carboxylic acids is 1. The van der Waals surface area contributed by atoms with Gasteiger partial charge in [-0.05, 0) is 23.8 Å². The van der Waals surface area contributed by atoms with Crippen molar-refractivity contribution in [3.63, 3.8) is 0 Å². The van der Waals surface area contributed by atoms with Crippen LogP contribution in [-0.2, 0) is 6.54 Å². The Kier molecular flexibility index (Phi) is 4.86. The lowest BCUT2D eigenvalue weighted by atomic mass is 10.0. The summed E-state index contributed by atoms with van der Waals surface area (Å²) >= 11 is 0. The highest BCUT2D eigenvalue weighted by Gasteiger charge is 2.08. The van der Waals surface area contributed by atoms with Crippen molar-refractivity contribution in [2.45, 2.75) is 6.54 Å². The van der Waals surface area contributed by atoms with E-state index >= 15 is 0 Å². The van der Waals surface area contributed by atoms with Gasteiger partial charge in [0.1, 0.15) is 18.4 Å². The first-order chi connectivity index (χ1) is 11.8. The lowest BCUT2D eigenvalue weighted by molar-refractivity contribution is 0.0952. The number of amides is 1. The van der Waals surface area contributed by atoms with Gasteiger partial charge in [0.25, 0.3) is 5.91 Å². The maximum absolute atomic E-state index is 12.2. The van der Waals surface area contributed by atoms with E-state index in [1.54, 1.807) is 18.1 Å². The first-order valence-electron chi connectivity index (χ1n) is 7.62. The second kappa shape index (κ2) is 7.41. The smallest absolute Gasteiger partial charge is 0.251 e. The van der Waals surface area contributed by atoms with Gasteiger partial charge in [0, 0.05) is 17.7 Å². The first-order valence-corrected chi connectivity index (χ1v) is 7.62. The van der Waals surface area contributed by atoms with Gasteiger partial charge >= 0.3 is 0 Å². The summed E-state index contributed by atoms with van der Waals surface area (Å²) in [5.41, 5.74) is 2.62. The number of hydrogen-bond donors (Lipinski definition) is 1. The summed E-state index contributed by atoms with van der Waals surface area (Å²) in [6, 6.07) is 15.3. The van der Waals surface area contributed by atoms with E-state index in [9.17, 15) is 4.79 Å². The van der Waals surface area contributed by atoms with Gasteiger partial charge in [-0.1, -0.05) is 30.3 Å². The molecule has 0 radical (unpaired) electrons. The Morgan fingerprint density at radius 1 is 1.17 bits per heavy atom. The minimum absolute atomic E-state index is 0.110. The van der Waals surface area contributed by atoms with Crippen LogP contribution in [0.1, 0.15) is 10.4 Å². The SMILES string of the molecule is COc1ccccc1-c1ccc(C(=O)NCCn2cncn2)cc1. The zero-order valence-electron chi connectivity index (χ0n) is 13.3. The Morgan fingerprint density at radius 3 is 2.67 bits per heavy atom. The molecule has 0 spiro atoms. The lowest BCUT2D eigenvalue weighted by Gasteiger charge is -2.09. The highest BCUT2D eigenvalue weighted by molar-refractivity contribution is 5.94. The molecule has 0 fully saturated rings. The average Bonchev–Trinajstić information content (AvgIpc) is 3.15. The van der Waals surface area contributed by atoms with E-state index in [1.165, 1.54) is 6.33 Å². The molecule has 1 aromatic heterocycles. The largest absolute Gasteiger partial charge is 0.496 e. The highest BCUT2D eigenvalue weighted by atomic mass is 16.5. The van der Waals surface area contributed by atoms with Gasteiger partial charge in [0.2, 0.25) is 0 Å². The average molecular weight is 322 g/mol. The fourth-order valence-electron chi connectivity index (χ4n) is 2.42. The van der Waals surface area contributed by atoms with E-state index in [1.807, 2.05) is 48.5 Å². The van der Waals surface area contributed by atoms with E-state index < -0.39 is 0 Å². The predicted octanol–water partition coefficient (Wildman–Crippen LogP) is 2.38. The van der Waals surface area contributed by atoms with Crippen LogP contribution in [0.3, 0.4) is 0 Å². The fourth-order valence-corrected chi connectivity index (χ4v) is 2.42. The van der Waals surface area contributed by atoms with Crippen molar-refractivity contribution < 1.29 is 9.53 Å². The molecule has 6 heteroatoms. The lowest BCUT2D eigenvalue weighted by Crippen LogP contribution is -2.27. The van der Waals surface area contributed by atoms with Crippen molar-refractivity contribution >= 4 is 5.91 Å². The maximum atomic E-state index is 12.2. The van der Waals surface area contributed by atoms with E-state index in [0.717, 1.165) is 16.9 Å².